The molecule has 2 aromatic carbocycles. The summed E-state index contributed by atoms with van der Waals surface area (Å²) in [5.41, 5.74) is 0.763. The minimum Gasteiger partial charge on any atom is -0.507 e. The van der Waals surface area contributed by atoms with E-state index in [0.717, 1.165) is 26.1 Å². The number of phenolic OH excluding ortho intramolecular Hbond substituents is 1. The molecule has 168 valence electrons. The smallest absolute Gasteiger partial charge is 0.257 e. The number of fused-ring (bicyclic) bond motifs is 1. The van der Waals surface area contributed by atoms with E-state index in [4.69, 9.17) is 18.6 Å². The largest absolute Gasteiger partial charge is 0.507 e. The highest BCUT2D eigenvalue weighted by molar-refractivity contribution is 5.88. The summed E-state index contributed by atoms with van der Waals surface area (Å²) in [7, 11) is 1.56. The molecule has 1 aliphatic rings. The van der Waals surface area contributed by atoms with Crippen LogP contribution < -0.4 is 20.2 Å². The van der Waals surface area contributed by atoms with Gasteiger partial charge in [-0.2, -0.15) is 0 Å². The number of hydrogen-bond donors (Lipinski definition) is 2. The molecule has 0 atom stereocenters. The fourth-order valence-electron chi connectivity index (χ4n) is 3.67. The van der Waals surface area contributed by atoms with E-state index in [1.165, 1.54) is 18.4 Å². The zero-order valence-corrected chi connectivity index (χ0v) is 17.8. The fourth-order valence-corrected chi connectivity index (χ4v) is 3.67. The van der Waals surface area contributed by atoms with Crippen LogP contribution in [0, 0.1) is 5.92 Å². The van der Waals surface area contributed by atoms with Crippen molar-refractivity contribution in [3.05, 3.63) is 52.9 Å². The van der Waals surface area contributed by atoms with E-state index in [2.05, 4.69) is 5.32 Å². The van der Waals surface area contributed by atoms with Crippen LogP contribution in [0.25, 0.3) is 22.1 Å². The predicted molar refractivity (Wildman–Crippen MR) is 118 cm³/mol. The highest BCUT2D eigenvalue weighted by atomic mass is 16.5. The third-order valence-corrected chi connectivity index (χ3v) is 5.53. The summed E-state index contributed by atoms with van der Waals surface area (Å²) >= 11 is 0. The number of aromatic hydroxyl groups is 1. The van der Waals surface area contributed by atoms with Gasteiger partial charge in [0, 0.05) is 31.9 Å². The van der Waals surface area contributed by atoms with Gasteiger partial charge in [0.25, 0.3) is 5.91 Å². The first-order valence-corrected chi connectivity index (χ1v) is 10.5. The molecule has 8 nitrogen and oxygen atoms in total. The number of nitrogens with one attached hydrogen (secondary N) is 1. The average Bonchev–Trinajstić information content (AvgIpc) is 2.82. The molecule has 1 fully saturated rings. The second-order valence-corrected chi connectivity index (χ2v) is 7.67. The predicted octanol–water partition coefficient (Wildman–Crippen LogP) is 3.10. The molecule has 0 radical (unpaired) electrons. The standard InChI is InChI=1S/C24H25NO7/c1-29-17-4-2-16(3-5-17)19-13-32-21-11-18(10-20(26)23(21)24(19)28)31-14-22(27)25-12-15-6-8-30-9-7-15/h2-5,10-11,13,15,26H,6-9,12,14H2,1H3,(H,25,27). The molecule has 3 aromatic rings. The quantitative estimate of drug-likeness (QED) is 0.582. The second-order valence-electron chi connectivity index (χ2n) is 7.67. The number of amides is 1. The summed E-state index contributed by atoms with van der Waals surface area (Å²) in [5, 5.41) is 13.4. The molecule has 1 amide bonds. The molecule has 0 bridgehead atoms. The second kappa shape index (κ2) is 9.74. The van der Waals surface area contributed by atoms with Crippen molar-refractivity contribution in [3.8, 4) is 28.4 Å². The highest BCUT2D eigenvalue weighted by Gasteiger charge is 2.17. The number of rotatable bonds is 7. The Hall–Kier alpha value is -3.52. The lowest BCUT2D eigenvalue weighted by Gasteiger charge is -2.22. The SMILES string of the molecule is COc1ccc(-c2coc3cc(OCC(=O)NCC4CCOCC4)cc(O)c3c2=O)cc1. The third kappa shape index (κ3) is 4.86. The molecule has 4 rings (SSSR count). The van der Waals surface area contributed by atoms with E-state index >= 15 is 0 Å². The summed E-state index contributed by atoms with van der Waals surface area (Å²) in [4.78, 5) is 25.0. The number of benzene rings is 2. The minimum atomic E-state index is -0.366. The van der Waals surface area contributed by atoms with Gasteiger partial charge >= 0.3 is 0 Å². The van der Waals surface area contributed by atoms with Gasteiger partial charge in [-0.05, 0) is 36.5 Å². The molecular formula is C24H25NO7. The zero-order valence-electron chi connectivity index (χ0n) is 17.8. The Morgan fingerprint density at radius 1 is 1.16 bits per heavy atom. The maximum Gasteiger partial charge on any atom is 0.257 e. The molecule has 1 aliphatic heterocycles. The fraction of sp³-hybridized carbons (Fsp3) is 0.333. The molecule has 32 heavy (non-hydrogen) atoms. The van der Waals surface area contributed by atoms with Crippen LogP contribution in [0.4, 0.5) is 0 Å². The number of ether oxygens (including phenoxy) is 3. The summed E-state index contributed by atoms with van der Waals surface area (Å²) in [5.74, 6) is 0.778. The number of phenols is 1. The third-order valence-electron chi connectivity index (χ3n) is 5.53. The molecule has 2 N–H and O–H groups in total. The van der Waals surface area contributed by atoms with Crippen LogP contribution in [0.5, 0.6) is 17.2 Å². The van der Waals surface area contributed by atoms with Crippen LogP contribution in [0.15, 0.2) is 51.9 Å². The summed E-state index contributed by atoms with van der Waals surface area (Å²) in [6.45, 7) is 1.82. The normalized spacial score (nSPS) is 14.3. The lowest BCUT2D eigenvalue weighted by atomic mass is 10.0. The Bertz CT molecular complexity index is 1150. The number of carbonyl (C=O) groups is 1. The Balaban J connectivity index is 1.46. The van der Waals surface area contributed by atoms with Crippen molar-refractivity contribution in [2.45, 2.75) is 12.8 Å². The Morgan fingerprint density at radius 3 is 2.62 bits per heavy atom. The summed E-state index contributed by atoms with van der Waals surface area (Å²) < 4.78 is 21.6. The van der Waals surface area contributed by atoms with Crippen molar-refractivity contribution in [2.24, 2.45) is 5.92 Å². The number of methoxy groups -OCH3 is 1. The topological polar surface area (TPSA) is 107 Å². The van der Waals surface area contributed by atoms with Crippen molar-refractivity contribution in [2.75, 3.05) is 33.5 Å². The van der Waals surface area contributed by atoms with Gasteiger partial charge in [-0.3, -0.25) is 9.59 Å². The molecule has 0 aliphatic carbocycles. The zero-order chi connectivity index (χ0) is 22.5. The van der Waals surface area contributed by atoms with Crippen molar-refractivity contribution in [1.82, 2.24) is 5.32 Å². The van der Waals surface area contributed by atoms with Gasteiger partial charge in [0.15, 0.2) is 6.61 Å². The van der Waals surface area contributed by atoms with Gasteiger partial charge in [0.1, 0.15) is 34.5 Å². The number of carbonyl (C=O) groups excluding carboxylic acids is 1. The lowest BCUT2D eigenvalue weighted by Crippen LogP contribution is -2.35. The van der Waals surface area contributed by atoms with Gasteiger partial charge in [-0.1, -0.05) is 12.1 Å². The van der Waals surface area contributed by atoms with E-state index in [0.29, 0.717) is 29.3 Å². The molecule has 0 saturated carbocycles. The van der Waals surface area contributed by atoms with E-state index in [1.807, 2.05) is 0 Å². The molecular weight excluding hydrogens is 414 g/mol. The van der Waals surface area contributed by atoms with Crippen molar-refractivity contribution >= 4 is 16.9 Å². The Morgan fingerprint density at radius 2 is 1.91 bits per heavy atom. The molecule has 1 saturated heterocycles. The first-order valence-electron chi connectivity index (χ1n) is 10.5. The summed E-state index contributed by atoms with van der Waals surface area (Å²) in [6.07, 6.45) is 3.20. The van der Waals surface area contributed by atoms with Crippen LogP contribution in [-0.4, -0.2) is 44.5 Å². The molecule has 0 spiro atoms. The first-order chi connectivity index (χ1) is 15.5. The van der Waals surface area contributed by atoms with Crippen LogP contribution in [0.3, 0.4) is 0 Å². The maximum atomic E-state index is 13.0. The highest BCUT2D eigenvalue weighted by Crippen LogP contribution is 2.30. The van der Waals surface area contributed by atoms with E-state index in [-0.39, 0.29) is 40.4 Å². The van der Waals surface area contributed by atoms with Crippen LogP contribution >= 0.6 is 0 Å². The van der Waals surface area contributed by atoms with E-state index in [9.17, 15) is 14.7 Å². The van der Waals surface area contributed by atoms with Crippen molar-refractivity contribution in [3.63, 3.8) is 0 Å². The van der Waals surface area contributed by atoms with Crippen LogP contribution in [-0.2, 0) is 9.53 Å². The average molecular weight is 439 g/mol. The van der Waals surface area contributed by atoms with E-state index in [1.54, 1.807) is 31.4 Å². The summed E-state index contributed by atoms with van der Waals surface area (Å²) in [6, 6.07) is 9.75. The lowest BCUT2D eigenvalue weighted by molar-refractivity contribution is -0.123. The molecule has 0 unspecified atom stereocenters. The Labute approximate surface area is 184 Å². The van der Waals surface area contributed by atoms with Gasteiger partial charge in [0.2, 0.25) is 5.43 Å². The van der Waals surface area contributed by atoms with Gasteiger partial charge < -0.3 is 29.1 Å². The van der Waals surface area contributed by atoms with Gasteiger partial charge in [-0.15, -0.1) is 0 Å². The first kappa shape index (κ1) is 21.7. The minimum absolute atomic E-state index is 0.0506. The van der Waals surface area contributed by atoms with Crippen LogP contribution in [0.2, 0.25) is 0 Å². The molecule has 2 heterocycles. The van der Waals surface area contributed by atoms with E-state index < -0.39 is 0 Å². The Kier molecular flexibility index (Phi) is 6.61. The molecule has 1 aromatic heterocycles. The maximum absolute atomic E-state index is 13.0. The van der Waals surface area contributed by atoms with Gasteiger partial charge in [0.05, 0.1) is 12.7 Å². The van der Waals surface area contributed by atoms with Gasteiger partial charge in [-0.25, -0.2) is 0 Å². The number of hydrogen-bond acceptors (Lipinski definition) is 7. The monoisotopic (exact) mass is 439 g/mol. The van der Waals surface area contributed by atoms with Crippen molar-refractivity contribution in [1.29, 1.82) is 0 Å². The van der Waals surface area contributed by atoms with Crippen LogP contribution in [0.1, 0.15) is 12.8 Å². The molecule has 8 heteroatoms. The van der Waals surface area contributed by atoms with Crippen molar-refractivity contribution < 1.29 is 28.5 Å².